The molecule has 2 heterocycles. The standard InChI is InChI=1S/C19H27NO6/c1-18(2)12-25-19(26-13-18)9-15(16(21)23-3)20(11-19)17(22)24-10-14-7-5-4-6-8-14/h4-8,15-16,21H,9-13H2,1-3H3/t15-,16?/m0/s1. The van der Waals surface area contributed by atoms with Crippen molar-refractivity contribution in [1.82, 2.24) is 4.90 Å². The molecule has 0 aromatic heterocycles. The minimum atomic E-state index is -1.14. The second-order valence-electron chi connectivity index (χ2n) is 7.72. The van der Waals surface area contributed by atoms with Crippen molar-refractivity contribution < 1.29 is 28.8 Å². The van der Waals surface area contributed by atoms with E-state index in [0.29, 0.717) is 19.6 Å². The minimum Gasteiger partial charge on any atom is -0.445 e. The van der Waals surface area contributed by atoms with E-state index in [4.69, 9.17) is 18.9 Å². The molecule has 0 aliphatic carbocycles. The van der Waals surface area contributed by atoms with Crippen LogP contribution in [0.3, 0.4) is 0 Å². The fourth-order valence-corrected chi connectivity index (χ4v) is 3.23. The Morgan fingerprint density at radius 3 is 2.58 bits per heavy atom. The van der Waals surface area contributed by atoms with Gasteiger partial charge in [0, 0.05) is 18.9 Å². The van der Waals surface area contributed by atoms with E-state index in [1.807, 2.05) is 30.3 Å². The van der Waals surface area contributed by atoms with Crippen LogP contribution in [-0.2, 0) is 25.6 Å². The molecule has 144 valence electrons. The summed E-state index contributed by atoms with van der Waals surface area (Å²) >= 11 is 0. The van der Waals surface area contributed by atoms with Crippen molar-refractivity contribution in [3.63, 3.8) is 0 Å². The van der Waals surface area contributed by atoms with Gasteiger partial charge in [0.05, 0.1) is 25.8 Å². The van der Waals surface area contributed by atoms with Crippen molar-refractivity contribution in [2.45, 2.75) is 45.0 Å². The summed E-state index contributed by atoms with van der Waals surface area (Å²) in [6, 6.07) is 8.85. The maximum absolute atomic E-state index is 12.6. The third-order valence-electron chi connectivity index (χ3n) is 4.79. The summed E-state index contributed by atoms with van der Waals surface area (Å²) in [4.78, 5) is 14.1. The van der Waals surface area contributed by atoms with E-state index in [1.54, 1.807) is 0 Å². The predicted molar refractivity (Wildman–Crippen MR) is 93.2 cm³/mol. The second-order valence-corrected chi connectivity index (χ2v) is 7.72. The van der Waals surface area contributed by atoms with Gasteiger partial charge in [-0.05, 0) is 5.56 Å². The molecule has 2 atom stereocenters. The van der Waals surface area contributed by atoms with Gasteiger partial charge in [0.1, 0.15) is 6.61 Å². The first kappa shape index (κ1) is 19.1. The van der Waals surface area contributed by atoms with Gasteiger partial charge in [-0.3, -0.25) is 4.90 Å². The summed E-state index contributed by atoms with van der Waals surface area (Å²) in [5.74, 6) is -0.925. The Morgan fingerprint density at radius 1 is 1.31 bits per heavy atom. The summed E-state index contributed by atoms with van der Waals surface area (Å²) < 4.78 is 22.4. The van der Waals surface area contributed by atoms with Crippen molar-refractivity contribution >= 4 is 6.09 Å². The first-order valence-electron chi connectivity index (χ1n) is 8.80. The van der Waals surface area contributed by atoms with Gasteiger partial charge in [-0.2, -0.15) is 0 Å². The van der Waals surface area contributed by atoms with Crippen LogP contribution in [0.2, 0.25) is 0 Å². The van der Waals surface area contributed by atoms with E-state index in [-0.39, 0.29) is 18.6 Å². The van der Waals surface area contributed by atoms with Crippen LogP contribution in [0.25, 0.3) is 0 Å². The van der Waals surface area contributed by atoms with Crippen LogP contribution in [0.5, 0.6) is 0 Å². The molecular formula is C19H27NO6. The number of rotatable bonds is 4. The molecule has 3 rings (SSSR count). The molecule has 1 amide bonds. The van der Waals surface area contributed by atoms with E-state index >= 15 is 0 Å². The summed E-state index contributed by atoms with van der Waals surface area (Å²) in [5.41, 5.74) is 0.813. The Morgan fingerprint density at radius 2 is 1.96 bits per heavy atom. The number of ether oxygens (including phenoxy) is 4. The van der Waals surface area contributed by atoms with Gasteiger partial charge in [-0.1, -0.05) is 44.2 Å². The number of carbonyl (C=O) groups excluding carboxylic acids is 1. The molecule has 1 unspecified atom stereocenters. The summed E-state index contributed by atoms with van der Waals surface area (Å²) in [6.07, 6.45) is -1.33. The highest BCUT2D eigenvalue weighted by Gasteiger charge is 2.53. The van der Waals surface area contributed by atoms with E-state index in [0.717, 1.165) is 5.56 Å². The number of benzene rings is 1. The van der Waals surface area contributed by atoms with Crippen molar-refractivity contribution in [2.75, 3.05) is 26.9 Å². The number of hydrogen-bond acceptors (Lipinski definition) is 6. The molecule has 0 saturated carbocycles. The smallest absolute Gasteiger partial charge is 0.410 e. The Kier molecular flexibility index (Phi) is 5.53. The van der Waals surface area contributed by atoms with Crippen molar-refractivity contribution in [3.8, 4) is 0 Å². The Bertz CT molecular complexity index is 610. The zero-order valence-corrected chi connectivity index (χ0v) is 15.5. The zero-order valence-electron chi connectivity index (χ0n) is 15.5. The van der Waals surface area contributed by atoms with E-state index in [1.165, 1.54) is 12.0 Å². The van der Waals surface area contributed by atoms with Gasteiger partial charge in [-0.15, -0.1) is 0 Å². The van der Waals surface area contributed by atoms with E-state index in [2.05, 4.69) is 13.8 Å². The third kappa shape index (κ3) is 4.17. The highest BCUT2D eigenvalue weighted by Crippen LogP contribution is 2.39. The molecule has 2 fully saturated rings. The van der Waals surface area contributed by atoms with Crippen molar-refractivity contribution in [2.24, 2.45) is 5.41 Å². The average molecular weight is 365 g/mol. The number of carbonyl (C=O) groups is 1. The number of nitrogens with zero attached hydrogens (tertiary/aromatic N) is 1. The number of aliphatic hydroxyl groups excluding tert-OH is 1. The van der Waals surface area contributed by atoms with Gasteiger partial charge in [0.2, 0.25) is 0 Å². The number of likely N-dealkylation sites (tertiary alicyclic amines) is 1. The zero-order chi connectivity index (χ0) is 18.8. The number of aliphatic hydroxyl groups is 1. The molecule has 1 spiro atoms. The lowest BCUT2D eigenvalue weighted by Gasteiger charge is -2.41. The monoisotopic (exact) mass is 365 g/mol. The maximum atomic E-state index is 12.6. The lowest BCUT2D eigenvalue weighted by molar-refractivity contribution is -0.291. The average Bonchev–Trinajstić information content (AvgIpc) is 3.03. The molecular weight excluding hydrogens is 338 g/mol. The van der Waals surface area contributed by atoms with Crippen LogP contribution in [0, 0.1) is 5.41 Å². The Hall–Kier alpha value is -1.67. The van der Waals surface area contributed by atoms with Gasteiger partial charge < -0.3 is 24.1 Å². The summed E-state index contributed by atoms with van der Waals surface area (Å²) in [5, 5.41) is 10.2. The summed E-state index contributed by atoms with van der Waals surface area (Å²) in [7, 11) is 1.40. The highest BCUT2D eigenvalue weighted by atomic mass is 16.7. The first-order chi connectivity index (χ1) is 12.3. The molecule has 26 heavy (non-hydrogen) atoms. The van der Waals surface area contributed by atoms with Gasteiger partial charge >= 0.3 is 6.09 Å². The van der Waals surface area contributed by atoms with Crippen LogP contribution in [0.15, 0.2) is 30.3 Å². The molecule has 7 heteroatoms. The van der Waals surface area contributed by atoms with Crippen LogP contribution < -0.4 is 0 Å². The SMILES string of the molecule is COC(O)[C@@H]1CC2(CN1C(=O)OCc1ccccc1)OCC(C)(C)CO2. The number of methoxy groups -OCH3 is 1. The largest absolute Gasteiger partial charge is 0.445 e. The maximum Gasteiger partial charge on any atom is 0.410 e. The lowest BCUT2D eigenvalue weighted by Crippen LogP contribution is -2.49. The van der Waals surface area contributed by atoms with Crippen LogP contribution in [-0.4, -0.2) is 61.1 Å². The number of amides is 1. The van der Waals surface area contributed by atoms with Crippen molar-refractivity contribution in [3.05, 3.63) is 35.9 Å². The van der Waals surface area contributed by atoms with E-state index < -0.39 is 24.2 Å². The normalized spacial score (nSPS) is 25.2. The third-order valence-corrected chi connectivity index (χ3v) is 4.79. The van der Waals surface area contributed by atoms with Crippen molar-refractivity contribution in [1.29, 1.82) is 0 Å². The molecule has 0 radical (unpaired) electrons. The molecule has 2 aliphatic heterocycles. The van der Waals surface area contributed by atoms with E-state index in [9.17, 15) is 9.90 Å². The minimum absolute atomic E-state index is 0.0815. The summed E-state index contributed by atoms with van der Waals surface area (Å²) in [6.45, 7) is 5.52. The first-order valence-corrected chi connectivity index (χ1v) is 8.80. The Labute approximate surface area is 153 Å². The van der Waals surface area contributed by atoms with Crippen LogP contribution in [0.4, 0.5) is 4.79 Å². The highest BCUT2D eigenvalue weighted by molar-refractivity contribution is 5.68. The fourth-order valence-electron chi connectivity index (χ4n) is 3.23. The molecule has 2 saturated heterocycles. The van der Waals surface area contributed by atoms with Gasteiger partial charge in [-0.25, -0.2) is 4.79 Å². The quantitative estimate of drug-likeness (QED) is 0.824. The Balaban J connectivity index is 1.68. The molecule has 0 bridgehead atoms. The second kappa shape index (κ2) is 7.52. The van der Waals surface area contributed by atoms with Gasteiger partial charge in [0.25, 0.3) is 0 Å². The molecule has 1 N–H and O–H groups in total. The fraction of sp³-hybridized carbons (Fsp3) is 0.632. The molecule has 7 nitrogen and oxygen atoms in total. The topological polar surface area (TPSA) is 77.5 Å². The lowest BCUT2D eigenvalue weighted by atomic mass is 9.94. The predicted octanol–water partition coefficient (Wildman–Crippen LogP) is 2.13. The molecule has 1 aromatic carbocycles. The van der Waals surface area contributed by atoms with Crippen LogP contribution >= 0.6 is 0 Å². The number of hydrogen-bond donors (Lipinski definition) is 1. The molecule has 2 aliphatic rings. The molecule has 1 aromatic rings. The van der Waals surface area contributed by atoms with Gasteiger partial charge in [0.15, 0.2) is 12.1 Å². The van der Waals surface area contributed by atoms with Crippen LogP contribution in [0.1, 0.15) is 25.8 Å².